The number of anilines is 1. The lowest BCUT2D eigenvalue weighted by Crippen LogP contribution is -2.55. The molecule has 0 saturated carbocycles. The number of rotatable bonds is 8. The molecule has 1 heterocycles. The quantitative estimate of drug-likeness (QED) is 0.625. The van der Waals surface area contributed by atoms with E-state index in [0.717, 1.165) is 11.3 Å². The normalized spacial score (nSPS) is 15.7. The zero-order valence-electron chi connectivity index (χ0n) is 17.8. The van der Waals surface area contributed by atoms with Gasteiger partial charge in [0.05, 0.1) is 4.90 Å². The van der Waals surface area contributed by atoms with Crippen molar-refractivity contribution in [1.82, 2.24) is 9.62 Å². The Hall–Kier alpha value is -1.74. The van der Waals surface area contributed by atoms with Gasteiger partial charge in [0.25, 0.3) is 0 Å². The van der Waals surface area contributed by atoms with Gasteiger partial charge in [-0.25, -0.2) is 8.42 Å². The summed E-state index contributed by atoms with van der Waals surface area (Å²) < 4.78 is 28.4. The third-order valence-electron chi connectivity index (χ3n) is 5.30. The molecule has 168 valence electrons. The van der Waals surface area contributed by atoms with Crippen molar-refractivity contribution in [2.24, 2.45) is 0 Å². The van der Waals surface area contributed by atoms with Crippen molar-refractivity contribution < 1.29 is 13.2 Å². The van der Waals surface area contributed by atoms with Crippen molar-refractivity contribution >= 4 is 45.0 Å². The summed E-state index contributed by atoms with van der Waals surface area (Å²) in [4.78, 5) is 17.3. The Labute approximate surface area is 194 Å². The van der Waals surface area contributed by atoms with Crippen molar-refractivity contribution in [3.05, 3.63) is 59.1 Å². The molecule has 1 amide bonds. The van der Waals surface area contributed by atoms with E-state index in [1.165, 1.54) is 0 Å². The highest BCUT2D eigenvalue weighted by Gasteiger charge is 2.31. The second-order valence-corrected chi connectivity index (χ2v) is 10.7. The van der Waals surface area contributed by atoms with Gasteiger partial charge in [-0.3, -0.25) is 4.79 Å². The van der Waals surface area contributed by atoms with Crippen molar-refractivity contribution in [3.63, 3.8) is 0 Å². The fourth-order valence-corrected chi connectivity index (χ4v) is 5.40. The van der Waals surface area contributed by atoms with Crippen LogP contribution in [0.3, 0.4) is 0 Å². The standard InChI is InChI=1S/C22H28ClN3O3S2/c1-17-6-8-20(9-7-17)31(28,29)24-21(10-15-30-2)22(27)26-13-11-25(12-14-26)19-5-3-4-18(23)16-19/h3-9,16,21,24H,10-15H2,1-2H3. The molecular weight excluding hydrogens is 454 g/mol. The van der Waals surface area contributed by atoms with Crippen LogP contribution < -0.4 is 9.62 Å². The molecule has 3 rings (SSSR count). The average molecular weight is 482 g/mol. The summed E-state index contributed by atoms with van der Waals surface area (Å²) in [6.07, 6.45) is 2.39. The predicted octanol–water partition coefficient (Wildman–Crippen LogP) is 3.40. The van der Waals surface area contributed by atoms with Crippen LogP contribution in [0.25, 0.3) is 0 Å². The number of benzene rings is 2. The number of aryl methyl sites for hydroxylation is 1. The summed E-state index contributed by atoms with van der Waals surface area (Å²) in [5.41, 5.74) is 2.00. The Morgan fingerprint density at radius 1 is 1.13 bits per heavy atom. The van der Waals surface area contributed by atoms with Gasteiger partial charge in [-0.1, -0.05) is 35.4 Å². The minimum Gasteiger partial charge on any atom is -0.368 e. The summed E-state index contributed by atoms with van der Waals surface area (Å²) in [5, 5.41) is 0.679. The van der Waals surface area contributed by atoms with Crippen molar-refractivity contribution in [1.29, 1.82) is 0 Å². The molecule has 0 bridgehead atoms. The van der Waals surface area contributed by atoms with E-state index in [1.54, 1.807) is 40.9 Å². The number of hydrogen-bond acceptors (Lipinski definition) is 5. The van der Waals surface area contributed by atoms with Gasteiger partial charge < -0.3 is 9.80 Å². The molecule has 2 aromatic rings. The topological polar surface area (TPSA) is 69.7 Å². The summed E-state index contributed by atoms with van der Waals surface area (Å²) in [5.74, 6) is 0.519. The molecular formula is C22H28ClN3O3S2. The van der Waals surface area contributed by atoms with Crippen LogP contribution in [0.5, 0.6) is 0 Å². The molecule has 1 N–H and O–H groups in total. The highest BCUT2D eigenvalue weighted by atomic mass is 35.5. The Bertz CT molecular complexity index is 991. The van der Waals surface area contributed by atoms with Crippen LogP contribution in [-0.2, 0) is 14.8 Å². The van der Waals surface area contributed by atoms with E-state index < -0.39 is 16.1 Å². The highest BCUT2D eigenvalue weighted by molar-refractivity contribution is 7.98. The third kappa shape index (κ3) is 6.38. The molecule has 1 atom stereocenters. The molecule has 0 spiro atoms. The SMILES string of the molecule is CSCCC(NS(=O)(=O)c1ccc(C)cc1)C(=O)N1CCN(c2cccc(Cl)c2)CC1. The van der Waals surface area contributed by atoms with Gasteiger partial charge in [-0.2, -0.15) is 16.5 Å². The second kappa shape index (κ2) is 10.7. The fraction of sp³-hybridized carbons (Fsp3) is 0.409. The van der Waals surface area contributed by atoms with Crippen LogP contribution in [0, 0.1) is 6.92 Å². The summed E-state index contributed by atoms with van der Waals surface area (Å²) >= 11 is 7.69. The predicted molar refractivity (Wildman–Crippen MR) is 129 cm³/mol. The van der Waals surface area contributed by atoms with Crippen LogP contribution in [0.1, 0.15) is 12.0 Å². The van der Waals surface area contributed by atoms with Gasteiger partial charge in [-0.15, -0.1) is 0 Å². The van der Waals surface area contributed by atoms with Crippen LogP contribution in [0.2, 0.25) is 5.02 Å². The lowest BCUT2D eigenvalue weighted by molar-refractivity contribution is -0.133. The number of nitrogens with zero attached hydrogens (tertiary/aromatic N) is 2. The summed E-state index contributed by atoms with van der Waals surface area (Å²) in [6, 6.07) is 13.5. The monoisotopic (exact) mass is 481 g/mol. The zero-order valence-corrected chi connectivity index (χ0v) is 20.1. The average Bonchev–Trinajstić information content (AvgIpc) is 2.76. The summed E-state index contributed by atoms with van der Waals surface area (Å²) in [6.45, 7) is 4.32. The Balaban J connectivity index is 1.68. The number of sulfonamides is 1. The van der Waals surface area contributed by atoms with Gasteiger partial charge in [0, 0.05) is 36.9 Å². The molecule has 2 aromatic carbocycles. The maximum Gasteiger partial charge on any atom is 0.241 e. The van der Waals surface area contributed by atoms with Crippen molar-refractivity contribution in [2.45, 2.75) is 24.3 Å². The first-order valence-electron chi connectivity index (χ1n) is 10.2. The Morgan fingerprint density at radius 3 is 2.42 bits per heavy atom. The number of hydrogen-bond donors (Lipinski definition) is 1. The number of thioether (sulfide) groups is 1. The zero-order chi connectivity index (χ0) is 22.4. The largest absolute Gasteiger partial charge is 0.368 e. The molecule has 0 radical (unpaired) electrons. The number of nitrogens with one attached hydrogen (secondary N) is 1. The fourth-order valence-electron chi connectivity index (χ4n) is 3.52. The molecule has 1 unspecified atom stereocenters. The van der Waals surface area contributed by atoms with E-state index in [9.17, 15) is 13.2 Å². The van der Waals surface area contributed by atoms with Crippen molar-refractivity contribution in [3.8, 4) is 0 Å². The first-order valence-corrected chi connectivity index (χ1v) is 13.4. The molecule has 0 aliphatic carbocycles. The van der Waals surface area contributed by atoms with Gasteiger partial charge in [-0.05, 0) is 55.7 Å². The first kappa shape index (κ1) is 23.9. The number of carbonyl (C=O) groups excluding carboxylic acids is 1. The van der Waals surface area contributed by atoms with E-state index in [-0.39, 0.29) is 10.8 Å². The maximum atomic E-state index is 13.2. The molecule has 0 aromatic heterocycles. The van der Waals surface area contributed by atoms with E-state index in [2.05, 4.69) is 9.62 Å². The molecule has 6 nitrogen and oxygen atoms in total. The van der Waals surface area contributed by atoms with E-state index >= 15 is 0 Å². The lowest BCUT2D eigenvalue weighted by Gasteiger charge is -2.37. The summed E-state index contributed by atoms with van der Waals surface area (Å²) in [7, 11) is -3.78. The lowest BCUT2D eigenvalue weighted by atomic mass is 10.2. The van der Waals surface area contributed by atoms with Crippen LogP contribution in [-0.4, -0.2) is 63.5 Å². The molecule has 9 heteroatoms. The van der Waals surface area contributed by atoms with Gasteiger partial charge in [0.15, 0.2) is 0 Å². The first-order chi connectivity index (χ1) is 14.8. The number of halogens is 1. The number of piperazine rings is 1. The minimum atomic E-state index is -3.78. The molecule has 1 aliphatic rings. The van der Waals surface area contributed by atoms with Crippen LogP contribution >= 0.6 is 23.4 Å². The van der Waals surface area contributed by atoms with Crippen LogP contribution in [0.4, 0.5) is 5.69 Å². The van der Waals surface area contributed by atoms with Crippen molar-refractivity contribution in [2.75, 3.05) is 43.1 Å². The van der Waals surface area contributed by atoms with E-state index in [0.29, 0.717) is 43.4 Å². The van der Waals surface area contributed by atoms with E-state index in [1.807, 2.05) is 37.4 Å². The highest BCUT2D eigenvalue weighted by Crippen LogP contribution is 2.21. The molecule has 1 aliphatic heterocycles. The Morgan fingerprint density at radius 2 is 1.81 bits per heavy atom. The Kier molecular flexibility index (Phi) is 8.27. The molecule has 1 fully saturated rings. The molecule has 1 saturated heterocycles. The van der Waals surface area contributed by atoms with E-state index in [4.69, 9.17) is 11.6 Å². The second-order valence-electron chi connectivity index (χ2n) is 7.56. The van der Waals surface area contributed by atoms with Crippen LogP contribution in [0.15, 0.2) is 53.4 Å². The maximum absolute atomic E-state index is 13.2. The third-order valence-corrected chi connectivity index (χ3v) is 7.67. The number of amides is 1. The van der Waals surface area contributed by atoms with Gasteiger partial charge >= 0.3 is 0 Å². The van der Waals surface area contributed by atoms with Gasteiger partial charge in [0.2, 0.25) is 15.9 Å². The minimum absolute atomic E-state index is 0.171. The van der Waals surface area contributed by atoms with Gasteiger partial charge in [0.1, 0.15) is 6.04 Å². The number of carbonyl (C=O) groups is 1. The molecule has 31 heavy (non-hydrogen) atoms. The smallest absolute Gasteiger partial charge is 0.241 e.